The number of fused-ring (bicyclic) bond motifs is 1. The molecule has 0 radical (unpaired) electrons. The van der Waals surface area contributed by atoms with Crippen LogP contribution in [0.25, 0.3) is 10.1 Å². The number of thiophene rings is 1. The Kier molecular flexibility index (Phi) is 3.46. The molecule has 1 aromatic carbocycles. The summed E-state index contributed by atoms with van der Waals surface area (Å²) >= 11 is 7.24. The van der Waals surface area contributed by atoms with Crippen LogP contribution in [-0.4, -0.2) is 11.9 Å². The second kappa shape index (κ2) is 4.89. The Morgan fingerprint density at radius 1 is 1.61 bits per heavy atom. The van der Waals surface area contributed by atoms with Gasteiger partial charge in [-0.1, -0.05) is 17.5 Å². The minimum Gasteiger partial charge on any atom is -0.397 e. The smallest absolute Gasteiger partial charge is 0.264 e. The number of nitrogens with one attached hydrogen (secondary N) is 1. The molecule has 0 spiro atoms. The molecule has 1 amide bonds. The lowest BCUT2D eigenvalue weighted by Crippen LogP contribution is -2.31. The highest BCUT2D eigenvalue weighted by Crippen LogP contribution is 2.35. The Morgan fingerprint density at radius 3 is 3.00 bits per heavy atom. The Morgan fingerprint density at radius 2 is 2.33 bits per heavy atom. The highest BCUT2D eigenvalue weighted by atomic mass is 35.5. The van der Waals surface area contributed by atoms with Crippen molar-refractivity contribution in [3.63, 3.8) is 0 Å². The van der Waals surface area contributed by atoms with Crippen LogP contribution in [0.3, 0.4) is 0 Å². The van der Waals surface area contributed by atoms with E-state index in [9.17, 15) is 4.79 Å². The molecular weight excluding hydrogens is 268 g/mol. The Bertz CT molecular complexity index is 657. The first kappa shape index (κ1) is 12.7. The summed E-state index contributed by atoms with van der Waals surface area (Å²) in [5.74, 6) is 2.18. The Hall–Kier alpha value is -1.70. The van der Waals surface area contributed by atoms with E-state index < -0.39 is 0 Å². The van der Waals surface area contributed by atoms with E-state index in [1.54, 1.807) is 19.1 Å². The SMILES string of the molecule is C#CC(C)NC(=O)c1sc2ccc(Cl)cc2c1N. The molecule has 0 bridgehead atoms. The van der Waals surface area contributed by atoms with E-state index in [1.807, 2.05) is 6.07 Å². The number of terminal acetylenes is 1. The predicted molar refractivity (Wildman–Crippen MR) is 77.0 cm³/mol. The summed E-state index contributed by atoms with van der Waals surface area (Å²) in [4.78, 5) is 12.4. The largest absolute Gasteiger partial charge is 0.397 e. The van der Waals surface area contributed by atoms with Gasteiger partial charge < -0.3 is 11.1 Å². The predicted octanol–water partition coefficient (Wildman–Crippen LogP) is 2.89. The lowest BCUT2D eigenvalue weighted by molar-refractivity contribution is 0.0953. The number of benzene rings is 1. The van der Waals surface area contributed by atoms with E-state index in [0.717, 1.165) is 10.1 Å². The molecule has 18 heavy (non-hydrogen) atoms. The zero-order valence-corrected chi connectivity index (χ0v) is 11.2. The maximum Gasteiger partial charge on any atom is 0.264 e. The highest BCUT2D eigenvalue weighted by molar-refractivity contribution is 7.21. The number of anilines is 1. The van der Waals surface area contributed by atoms with E-state index in [-0.39, 0.29) is 11.9 Å². The summed E-state index contributed by atoms with van der Waals surface area (Å²) in [6, 6.07) is 5.04. The molecule has 2 aromatic rings. The number of carbonyl (C=O) groups is 1. The molecule has 3 nitrogen and oxygen atoms in total. The monoisotopic (exact) mass is 278 g/mol. The molecule has 0 saturated carbocycles. The topological polar surface area (TPSA) is 55.1 Å². The van der Waals surface area contributed by atoms with Gasteiger partial charge in [-0.25, -0.2) is 0 Å². The molecule has 5 heteroatoms. The maximum absolute atomic E-state index is 12.0. The highest BCUT2D eigenvalue weighted by Gasteiger charge is 2.17. The molecule has 0 aliphatic heterocycles. The lowest BCUT2D eigenvalue weighted by Gasteiger charge is -2.06. The number of nitrogens with two attached hydrogens (primary N) is 1. The van der Waals surface area contributed by atoms with Gasteiger partial charge in [-0.3, -0.25) is 4.79 Å². The third kappa shape index (κ3) is 2.28. The summed E-state index contributed by atoms with van der Waals surface area (Å²) in [6.07, 6.45) is 5.22. The van der Waals surface area contributed by atoms with Crippen LogP contribution in [0.5, 0.6) is 0 Å². The molecule has 92 valence electrons. The van der Waals surface area contributed by atoms with Crippen molar-refractivity contribution < 1.29 is 4.79 Å². The minimum atomic E-state index is -0.328. The van der Waals surface area contributed by atoms with Crippen LogP contribution in [0.4, 0.5) is 5.69 Å². The van der Waals surface area contributed by atoms with Gasteiger partial charge in [-0.15, -0.1) is 17.8 Å². The number of carbonyl (C=O) groups excluding carboxylic acids is 1. The van der Waals surface area contributed by atoms with Gasteiger partial charge in [0.2, 0.25) is 0 Å². The van der Waals surface area contributed by atoms with Crippen molar-refractivity contribution in [2.24, 2.45) is 0 Å². The average Bonchev–Trinajstić information content (AvgIpc) is 2.66. The maximum atomic E-state index is 12.0. The third-order valence-electron chi connectivity index (χ3n) is 2.49. The summed E-state index contributed by atoms with van der Waals surface area (Å²) < 4.78 is 0.926. The van der Waals surface area contributed by atoms with Crippen molar-refractivity contribution >= 4 is 44.6 Å². The number of rotatable bonds is 2. The number of halogens is 1. The zero-order chi connectivity index (χ0) is 13.3. The zero-order valence-electron chi connectivity index (χ0n) is 9.66. The molecule has 0 fully saturated rings. The number of hydrogen-bond donors (Lipinski definition) is 2. The van der Waals surface area contributed by atoms with Gasteiger partial charge in [-0.05, 0) is 25.1 Å². The van der Waals surface area contributed by atoms with Gasteiger partial charge in [0.05, 0.1) is 11.7 Å². The van der Waals surface area contributed by atoms with Gasteiger partial charge in [0.1, 0.15) is 4.88 Å². The second-order valence-electron chi connectivity index (χ2n) is 3.85. The Labute approximate surface area is 114 Å². The quantitative estimate of drug-likeness (QED) is 0.830. The summed E-state index contributed by atoms with van der Waals surface area (Å²) in [7, 11) is 0. The molecule has 0 saturated heterocycles. The van der Waals surface area contributed by atoms with E-state index in [4.69, 9.17) is 23.8 Å². The van der Waals surface area contributed by atoms with Crippen LogP contribution in [-0.2, 0) is 0 Å². The van der Waals surface area contributed by atoms with Gasteiger partial charge in [0.25, 0.3) is 5.91 Å². The molecule has 1 unspecified atom stereocenters. The number of amides is 1. The van der Waals surface area contributed by atoms with Crippen molar-refractivity contribution in [3.05, 3.63) is 28.1 Å². The molecule has 3 N–H and O–H groups in total. The van der Waals surface area contributed by atoms with Gasteiger partial charge in [-0.2, -0.15) is 0 Å². The fourth-order valence-corrected chi connectivity index (χ4v) is 2.74. The van der Waals surface area contributed by atoms with Gasteiger partial charge in [0, 0.05) is 15.1 Å². The fourth-order valence-electron chi connectivity index (χ4n) is 1.56. The average molecular weight is 279 g/mol. The van der Waals surface area contributed by atoms with Crippen molar-refractivity contribution in [2.45, 2.75) is 13.0 Å². The molecule has 1 atom stereocenters. The third-order valence-corrected chi connectivity index (χ3v) is 3.91. The molecule has 0 aliphatic rings. The summed E-state index contributed by atoms with van der Waals surface area (Å²) in [5, 5.41) is 4.08. The summed E-state index contributed by atoms with van der Waals surface area (Å²) in [6.45, 7) is 1.73. The Balaban J connectivity index is 2.43. The molecule has 1 aromatic heterocycles. The van der Waals surface area contributed by atoms with Crippen molar-refractivity contribution in [2.75, 3.05) is 5.73 Å². The molecule has 1 heterocycles. The van der Waals surface area contributed by atoms with Crippen LogP contribution in [0, 0.1) is 12.3 Å². The molecule has 0 aliphatic carbocycles. The molecular formula is C13H11ClN2OS. The molecule has 2 rings (SSSR count). The first-order valence-corrected chi connectivity index (χ1v) is 6.47. The van der Waals surface area contributed by atoms with Crippen LogP contribution in [0.1, 0.15) is 16.6 Å². The normalized spacial score (nSPS) is 12.1. The lowest BCUT2D eigenvalue weighted by atomic mass is 10.2. The van der Waals surface area contributed by atoms with Crippen LogP contribution < -0.4 is 11.1 Å². The fraction of sp³-hybridized carbons (Fsp3) is 0.154. The van der Waals surface area contributed by atoms with Crippen molar-refractivity contribution in [1.29, 1.82) is 0 Å². The van der Waals surface area contributed by atoms with Crippen molar-refractivity contribution in [1.82, 2.24) is 5.32 Å². The van der Waals surface area contributed by atoms with E-state index in [1.165, 1.54) is 11.3 Å². The number of nitrogen functional groups attached to an aromatic ring is 1. The van der Waals surface area contributed by atoms with E-state index in [2.05, 4.69) is 11.2 Å². The van der Waals surface area contributed by atoms with Gasteiger partial charge >= 0.3 is 0 Å². The van der Waals surface area contributed by atoms with Crippen LogP contribution >= 0.6 is 22.9 Å². The van der Waals surface area contributed by atoms with Crippen LogP contribution in [0.2, 0.25) is 5.02 Å². The van der Waals surface area contributed by atoms with Crippen molar-refractivity contribution in [3.8, 4) is 12.3 Å². The first-order valence-electron chi connectivity index (χ1n) is 5.27. The van der Waals surface area contributed by atoms with Gasteiger partial charge in [0.15, 0.2) is 0 Å². The minimum absolute atomic E-state index is 0.254. The number of hydrogen-bond acceptors (Lipinski definition) is 3. The summed E-state index contributed by atoms with van der Waals surface area (Å²) in [5.41, 5.74) is 6.41. The van der Waals surface area contributed by atoms with E-state index >= 15 is 0 Å². The van der Waals surface area contributed by atoms with Crippen LogP contribution in [0.15, 0.2) is 18.2 Å². The van der Waals surface area contributed by atoms with E-state index in [0.29, 0.717) is 15.6 Å². The second-order valence-corrected chi connectivity index (χ2v) is 5.34. The first-order chi connectivity index (χ1) is 8.52. The standard InChI is InChI=1S/C13H11ClN2OS/c1-3-7(2)16-13(17)12-11(15)9-6-8(14)4-5-10(9)18-12/h1,4-7H,15H2,2H3,(H,16,17).